The first-order chi connectivity index (χ1) is 14.5. The summed E-state index contributed by atoms with van der Waals surface area (Å²) in [6.45, 7) is 1.99. The fraction of sp³-hybridized carbons (Fsp3) is 0.240. The molecule has 4 atom stereocenters. The minimum atomic E-state index is -0.241. The Balaban J connectivity index is 1.32. The molecule has 1 heterocycles. The Bertz CT molecular complexity index is 1070. The lowest BCUT2D eigenvalue weighted by Crippen LogP contribution is -2.32. The number of nitrogens with one attached hydrogen (secondary N) is 1. The van der Waals surface area contributed by atoms with Gasteiger partial charge in [-0.05, 0) is 61.1 Å². The molecule has 1 saturated heterocycles. The largest absolute Gasteiger partial charge is 0.323 e. The lowest BCUT2D eigenvalue weighted by Gasteiger charge is -2.17. The average molecular weight is 398 g/mol. The van der Waals surface area contributed by atoms with Gasteiger partial charge in [0.15, 0.2) is 0 Å². The summed E-state index contributed by atoms with van der Waals surface area (Å²) >= 11 is 0. The third-order valence-electron chi connectivity index (χ3n) is 6.35. The predicted octanol–water partition coefficient (Wildman–Crippen LogP) is 3.96. The molecule has 5 heteroatoms. The molecule has 1 saturated carbocycles. The SMILES string of the molecule is Cc1ccc(NC(=O)/C=C/c2cccc(N3C(=O)[C@@H]4[C@@H](C3=O)[C@H]3C=C[C@@H]4C3)c2)cc1. The van der Waals surface area contributed by atoms with Crippen LogP contribution in [0.1, 0.15) is 17.5 Å². The Hall–Kier alpha value is -3.47. The minimum absolute atomic E-state index is 0.0971. The number of anilines is 2. The van der Waals surface area contributed by atoms with Crippen molar-refractivity contribution < 1.29 is 14.4 Å². The number of carbonyl (C=O) groups is 3. The number of imide groups is 1. The van der Waals surface area contributed by atoms with Crippen molar-refractivity contribution in [1.82, 2.24) is 0 Å². The van der Waals surface area contributed by atoms with Crippen LogP contribution in [0.25, 0.3) is 6.08 Å². The van der Waals surface area contributed by atoms with Crippen molar-refractivity contribution in [2.24, 2.45) is 23.7 Å². The molecule has 2 fully saturated rings. The van der Waals surface area contributed by atoms with Gasteiger partial charge in [-0.3, -0.25) is 14.4 Å². The molecular weight excluding hydrogens is 376 g/mol. The van der Waals surface area contributed by atoms with Crippen LogP contribution in [0.2, 0.25) is 0 Å². The van der Waals surface area contributed by atoms with Crippen LogP contribution in [0.3, 0.4) is 0 Å². The van der Waals surface area contributed by atoms with Crippen molar-refractivity contribution in [1.29, 1.82) is 0 Å². The zero-order valence-electron chi connectivity index (χ0n) is 16.6. The van der Waals surface area contributed by atoms with E-state index in [2.05, 4.69) is 17.5 Å². The molecular formula is C25H22N2O3. The van der Waals surface area contributed by atoms with Crippen LogP contribution in [-0.4, -0.2) is 17.7 Å². The predicted molar refractivity (Wildman–Crippen MR) is 115 cm³/mol. The standard InChI is InChI=1S/C25H22N2O3/c1-15-5-10-19(11-6-15)26-21(28)12-7-16-3-2-4-20(13-16)27-24(29)22-17-8-9-18(14-17)23(22)25(27)30/h2-13,17-18,22-23H,14H2,1H3,(H,26,28)/b12-7+/t17-,18+,22-,23-/m0/s1. The first kappa shape index (κ1) is 18.6. The van der Waals surface area contributed by atoms with Gasteiger partial charge in [0.2, 0.25) is 17.7 Å². The van der Waals surface area contributed by atoms with Crippen molar-refractivity contribution in [3.05, 3.63) is 77.9 Å². The molecule has 0 unspecified atom stereocenters. The van der Waals surface area contributed by atoms with Crippen LogP contribution in [0, 0.1) is 30.6 Å². The summed E-state index contributed by atoms with van der Waals surface area (Å²) in [4.78, 5) is 39.5. The van der Waals surface area contributed by atoms with E-state index in [4.69, 9.17) is 0 Å². The molecule has 150 valence electrons. The number of benzene rings is 2. The molecule has 2 aliphatic carbocycles. The molecule has 2 aromatic rings. The number of hydrogen-bond acceptors (Lipinski definition) is 3. The van der Waals surface area contributed by atoms with E-state index in [1.165, 1.54) is 11.0 Å². The summed E-state index contributed by atoms with van der Waals surface area (Å²) in [6.07, 6.45) is 8.23. The molecule has 0 aromatic heterocycles. The Labute approximate surface area is 175 Å². The summed E-state index contributed by atoms with van der Waals surface area (Å²) in [5, 5.41) is 2.82. The number of nitrogens with zero attached hydrogens (tertiary/aromatic N) is 1. The van der Waals surface area contributed by atoms with Crippen molar-refractivity contribution in [3.63, 3.8) is 0 Å². The van der Waals surface area contributed by atoms with E-state index >= 15 is 0 Å². The van der Waals surface area contributed by atoms with Crippen molar-refractivity contribution in [3.8, 4) is 0 Å². The van der Waals surface area contributed by atoms with Gasteiger partial charge in [-0.25, -0.2) is 4.90 Å². The molecule has 1 aliphatic heterocycles. The summed E-state index contributed by atoms with van der Waals surface area (Å²) < 4.78 is 0. The van der Waals surface area contributed by atoms with E-state index in [0.717, 1.165) is 23.2 Å². The Kier molecular flexibility index (Phi) is 4.39. The third-order valence-corrected chi connectivity index (χ3v) is 6.35. The van der Waals surface area contributed by atoms with Gasteiger partial charge in [-0.1, -0.05) is 42.0 Å². The Morgan fingerprint density at radius 3 is 2.33 bits per heavy atom. The zero-order valence-corrected chi connectivity index (χ0v) is 16.6. The van der Waals surface area contributed by atoms with Crippen LogP contribution < -0.4 is 10.2 Å². The second-order valence-electron chi connectivity index (χ2n) is 8.30. The average Bonchev–Trinajstić information content (AvgIpc) is 3.42. The van der Waals surface area contributed by atoms with Gasteiger partial charge >= 0.3 is 0 Å². The van der Waals surface area contributed by atoms with Crippen LogP contribution in [0.5, 0.6) is 0 Å². The monoisotopic (exact) mass is 398 g/mol. The van der Waals surface area contributed by atoms with Gasteiger partial charge in [-0.2, -0.15) is 0 Å². The number of rotatable bonds is 4. The first-order valence-corrected chi connectivity index (χ1v) is 10.2. The van der Waals surface area contributed by atoms with Crippen LogP contribution in [0.4, 0.5) is 11.4 Å². The molecule has 0 spiro atoms. The highest BCUT2D eigenvalue weighted by molar-refractivity contribution is 6.22. The van der Waals surface area contributed by atoms with Crippen molar-refractivity contribution >= 4 is 35.2 Å². The number of allylic oxidation sites excluding steroid dienone is 2. The van der Waals surface area contributed by atoms with E-state index in [1.807, 2.05) is 37.3 Å². The molecule has 1 N–H and O–H groups in total. The molecule has 0 radical (unpaired) electrons. The quantitative estimate of drug-likeness (QED) is 0.482. The number of carbonyl (C=O) groups excluding carboxylic acids is 3. The minimum Gasteiger partial charge on any atom is -0.323 e. The smallest absolute Gasteiger partial charge is 0.248 e. The van der Waals surface area contributed by atoms with Crippen LogP contribution in [-0.2, 0) is 14.4 Å². The highest BCUT2D eigenvalue weighted by Crippen LogP contribution is 2.53. The third kappa shape index (κ3) is 3.07. The molecule has 3 aliphatic rings. The molecule has 2 bridgehead atoms. The van der Waals surface area contributed by atoms with Gasteiger partial charge < -0.3 is 5.32 Å². The normalized spacial score (nSPS) is 26.6. The fourth-order valence-electron chi connectivity index (χ4n) is 4.92. The number of amides is 3. The number of fused-ring (bicyclic) bond motifs is 5. The van der Waals surface area contributed by atoms with E-state index in [9.17, 15) is 14.4 Å². The van der Waals surface area contributed by atoms with Gasteiger partial charge in [0.25, 0.3) is 0 Å². The maximum Gasteiger partial charge on any atom is 0.248 e. The topological polar surface area (TPSA) is 66.5 Å². The second kappa shape index (κ2) is 7.10. The summed E-state index contributed by atoms with van der Waals surface area (Å²) in [7, 11) is 0. The van der Waals surface area contributed by atoms with E-state index in [0.29, 0.717) is 5.69 Å². The Morgan fingerprint density at radius 1 is 1.00 bits per heavy atom. The van der Waals surface area contributed by atoms with Crippen molar-refractivity contribution in [2.45, 2.75) is 13.3 Å². The highest BCUT2D eigenvalue weighted by Gasteiger charge is 2.59. The van der Waals surface area contributed by atoms with E-state index in [-0.39, 0.29) is 41.4 Å². The molecule has 5 rings (SSSR count). The molecule has 5 nitrogen and oxygen atoms in total. The van der Waals surface area contributed by atoms with Crippen LogP contribution in [0.15, 0.2) is 66.8 Å². The molecule has 30 heavy (non-hydrogen) atoms. The first-order valence-electron chi connectivity index (χ1n) is 10.2. The van der Waals surface area contributed by atoms with E-state index < -0.39 is 0 Å². The molecule has 2 aromatic carbocycles. The zero-order chi connectivity index (χ0) is 20.8. The fourth-order valence-corrected chi connectivity index (χ4v) is 4.92. The maximum absolute atomic E-state index is 13.0. The number of hydrogen-bond donors (Lipinski definition) is 1. The Morgan fingerprint density at radius 2 is 1.67 bits per heavy atom. The van der Waals surface area contributed by atoms with Crippen LogP contribution >= 0.6 is 0 Å². The van der Waals surface area contributed by atoms with Gasteiger partial charge in [0, 0.05) is 11.8 Å². The lowest BCUT2D eigenvalue weighted by molar-refractivity contribution is -0.123. The summed E-state index contributed by atoms with van der Waals surface area (Å²) in [5.74, 6) is -0.487. The van der Waals surface area contributed by atoms with Gasteiger partial charge in [-0.15, -0.1) is 0 Å². The van der Waals surface area contributed by atoms with E-state index in [1.54, 1.807) is 24.3 Å². The second-order valence-corrected chi connectivity index (χ2v) is 8.30. The van der Waals surface area contributed by atoms with Crippen molar-refractivity contribution in [2.75, 3.05) is 10.2 Å². The summed E-state index contributed by atoms with van der Waals surface area (Å²) in [6, 6.07) is 14.8. The van der Waals surface area contributed by atoms with Gasteiger partial charge in [0.1, 0.15) is 0 Å². The molecule has 3 amide bonds. The maximum atomic E-state index is 13.0. The van der Waals surface area contributed by atoms with Gasteiger partial charge in [0.05, 0.1) is 17.5 Å². The highest BCUT2D eigenvalue weighted by atomic mass is 16.2. The lowest BCUT2D eigenvalue weighted by atomic mass is 9.85. The number of aryl methyl sites for hydroxylation is 1. The summed E-state index contributed by atoms with van der Waals surface area (Å²) in [5.41, 5.74) is 3.18.